The number of H-pyrrole nitrogens is 1. The molecule has 102 valence electrons. The van der Waals surface area contributed by atoms with Crippen LogP contribution in [0.1, 0.15) is 12.8 Å². The first-order chi connectivity index (χ1) is 9.42. The highest BCUT2D eigenvalue weighted by Gasteiger charge is 2.12. The Morgan fingerprint density at radius 1 is 1.26 bits per heavy atom. The van der Waals surface area contributed by atoms with Crippen LogP contribution in [0.25, 0.3) is 11.0 Å². The molecule has 1 fully saturated rings. The molecule has 0 bridgehead atoms. The van der Waals surface area contributed by atoms with Gasteiger partial charge < -0.3 is 20.4 Å². The first-order valence-corrected chi connectivity index (χ1v) is 6.93. The van der Waals surface area contributed by atoms with Crippen molar-refractivity contribution in [2.45, 2.75) is 18.9 Å². The predicted octanol–water partition coefficient (Wildman–Crippen LogP) is 1.74. The Kier molecular flexibility index (Phi) is 3.95. The van der Waals surface area contributed by atoms with Crippen LogP contribution in [0, 0.1) is 0 Å². The van der Waals surface area contributed by atoms with Crippen molar-refractivity contribution in [1.29, 1.82) is 0 Å². The summed E-state index contributed by atoms with van der Waals surface area (Å²) in [6, 6.07) is 8.03. The second-order valence-corrected chi connectivity index (χ2v) is 4.85. The molecule has 2 heterocycles. The highest BCUT2D eigenvalue weighted by Crippen LogP contribution is 2.13. The molecule has 0 saturated carbocycles. The fourth-order valence-corrected chi connectivity index (χ4v) is 2.39. The molecule has 0 unspecified atom stereocenters. The number of hydrogen-bond acceptors (Lipinski definition) is 4. The quantitative estimate of drug-likeness (QED) is 0.717. The van der Waals surface area contributed by atoms with E-state index in [-0.39, 0.29) is 0 Å². The van der Waals surface area contributed by atoms with E-state index in [1.807, 2.05) is 24.3 Å². The van der Waals surface area contributed by atoms with Gasteiger partial charge in [0.05, 0.1) is 23.7 Å². The standard InChI is InChI=1S/C14H20N4O/c1-2-4-13-12(3-1)17-14(18-13)16-9-10-19-11-5-7-15-8-6-11/h1-4,11,15H,5-10H2,(H2,16,17,18). The van der Waals surface area contributed by atoms with Crippen molar-refractivity contribution >= 4 is 17.0 Å². The van der Waals surface area contributed by atoms with Gasteiger partial charge in [-0.1, -0.05) is 12.1 Å². The Morgan fingerprint density at radius 3 is 2.95 bits per heavy atom. The van der Waals surface area contributed by atoms with Crippen LogP contribution in [-0.4, -0.2) is 42.3 Å². The zero-order chi connectivity index (χ0) is 12.9. The molecule has 1 aliphatic rings. The summed E-state index contributed by atoms with van der Waals surface area (Å²) in [6.45, 7) is 3.65. The van der Waals surface area contributed by atoms with E-state index >= 15 is 0 Å². The molecule has 1 aliphatic heterocycles. The molecule has 1 aromatic heterocycles. The third-order valence-corrected chi connectivity index (χ3v) is 3.42. The number of hydrogen-bond donors (Lipinski definition) is 3. The van der Waals surface area contributed by atoms with Crippen molar-refractivity contribution in [2.75, 3.05) is 31.6 Å². The van der Waals surface area contributed by atoms with Gasteiger partial charge >= 0.3 is 0 Å². The van der Waals surface area contributed by atoms with Crippen molar-refractivity contribution in [3.8, 4) is 0 Å². The highest BCUT2D eigenvalue weighted by atomic mass is 16.5. The van der Waals surface area contributed by atoms with Crippen LogP contribution >= 0.6 is 0 Å². The van der Waals surface area contributed by atoms with Crippen LogP contribution in [-0.2, 0) is 4.74 Å². The van der Waals surface area contributed by atoms with Gasteiger partial charge in [0.25, 0.3) is 0 Å². The molecule has 0 spiro atoms. The Bertz CT molecular complexity index is 486. The average Bonchev–Trinajstić information content (AvgIpc) is 2.87. The van der Waals surface area contributed by atoms with E-state index in [9.17, 15) is 0 Å². The van der Waals surface area contributed by atoms with Gasteiger partial charge in [-0.3, -0.25) is 0 Å². The average molecular weight is 260 g/mol. The molecular weight excluding hydrogens is 240 g/mol. The lowest BCUT2D eigenvalue weighted by atomic mass is 10.1. The largest absolute Gasteiger partial charge is 0.376 e. The highest BCUT2D eigenvalue weighted by molar-refractivity contribution is 5.77. The normalized spacial score (nSPS) is 16.8. The molecule has 0 amide bonds. The molecule has 0 atom stereocenters. The van der Waals surface area contributed by atoms with Gasteiger partial charge in [-0.2, -0.15) is 0 Å². The Morgan fingerprint density at radius 2 is 2.11 bits per heavy atom. The van der Waals surface area contributed by atoms with Crippen LogP contribution in [0.3, 0.4) is 0 Å². The van der Waals surface area contributed by atoms with E-state index in [1.54, 1.807) is 0 Å². The number of rotatable bonds is 5. The fourth-order valence-electron chi connectivity index (χ4n) is 2.39. The second-order valence-electron chi connectivity index (χ2n) is 4.85. The third kappa shape index (κ3) is 3.24. The van der Waals surface area contributed by atoms with Gasteiger partial charge in [-0.15, -0.1) is 0 Å². The van der Waals surface area contributed by atoms with Crippen molar-refractivity contribution in [1.82, 2.24) is 15.3 Å². The van der Waals surface area contributed by atoms with Gasteiger partial charge in [0.1, 0.15) is 0 Å². The summed E-state index contributed by atoms with van der Waals surface area (Å²) in [5, 5.41) is 6.60. The number of piperidine rings is 1. The summed E-state index contributed by atoms with van der Waals surface area (Å²) in [5.74, 6) is 0.815. The minimum Gasteiger partial charge on any atom is -0.376 e. The molecule has 0 radical (unpaired) electrons. The Balaban J connectivity index is 1.44. The lowest BCUT2D eigenvalue weighted by Crippen LogP contribution is -2.33. The summed E-state index contributed by atoms with van der Waals surface area (Å²) in [5.41, 5.74) is 2.05. The number of nitrogens with one attached hydrogen (secondary N) is 3. The van der Waals surface area contributed by atoms with Crippen molar-refractivity contribution in [2.24, 2.45) is 0 Å². The smallest absolute Gasteiger partial charge is 0.201 e. The number of aromatic amines is 1. The number of benzene rings is 1. The van der Waals surface area contributed by atoms with Gasteiger partial charge in [0.2, 0.25) is 5.95 Å². The molecule has 5 nitrogen and oxygen atoms in total. The maximum absolute atomic E-state index is 5.83. The number of anilines is 1. The van der Waals surface area contributed by atoms with Crippen LogP contribution in [0.2, 0.25) is 0 Å². The molecule has 0 aliphatic carbocycles. The van der Waals surface area contributed by atoms with E-state index in [0.717, 1.165) is 56.1 Å². The molecule has 19 heavy (non-hydrogen) atoms. The number of nitrogens with zero attached hydrogens (tertiary/aromatic N) is 1. The number of aromatic nitrogens is 2. The SMILES string of the molecule is c1ccc2[nH]c(NCCOC3CCNCC3)nc2c1. The summed E-state index contributed by atoms with van der Waals surface area (Å²) in [7, 11) is 0. The molecule has 3 N–H and O–H groups in total. The predicted molar refractivity (Wildman–Crippen MR) is 76.4 cm³/mol. The van der Waals surface area contributed by atoms with Crippen LogP contribution in [0.4, 0.5) is 5.95 Å². The Labute approximate surface area is 112 Å². The number of ether oxygens (including phenoxy) is 1. The summed E-state index contributed by atoms with van der Waals surface area (Å²) < 4.78 is 5.83. The topological polar surface area (TPSA) is 62.0 Å². The van der Waals surface area contributed by atoms with Crippen molar-refractivity contribution < 1.29 is 4.74 Å². The van der Waals surface area contributed by atoms with Gasteiger partial charge in [0.15, 0.2) is 0 Å². The van der Waals surface area contributed by atoms with E-state index in [4.69, 9.17) is 4.74 Å². The van der Waals surface area contributed by atoms with Gasteiger partial charge in [-0.05, 0) is 38.1 Å². The van der Waals surface area contributed by atoms with Crippen LogP contribution in [0.5, 0.6) is 0 Å². The number of fused-ring (bicyclic) bond motifs is 1. The fraction of sp³-hybridized carbons (Fsp3) is 0.500. The lowest BCUT2D eigenvalue weighted by molar-refractivity contribution is 0.0394. The second kappa shape index (κ2) is 6.04. The molecule has 3 rings (SSSR count). The van der Waals surface area contributed by atoms with Crippen LogP contribution in [0.15, 0.2) is 24.3 Å². The maximum atomic E-state index is 5.83. The van der Waals surface area contributed by atoms with E-state index in [0.29, 0.717) is 6.10 Å². The summed E-state index contributed by atoms with van der Waals surface area (Å²) in [4.78, 5) is 7.71. The van der Waals surface area contributed by atoms with Crippen LogP contribution < -0.4 is 10.6 Å². The molecule has 1 aromatic carbocycles. The number of imidazole rings is 1. The zero-order valence-electron chi connectivity index (χ0n) is 11.0. The van der Waals surface area contributed by atoms with E-state index in [2.05, 4.69) is 20.6 Å². The third-order valence-electron chi connectivity index (χ3n) is 3.42. The zero-order valence-corrected chi connectivity index (χ0v) is 11.0. The van der Waals surface area contributed by atoms with E-state index < -0.39 is 0 Å². The molecule has 1 saturated heterocycles. The van der Waals surface area contributed by atoms with Crippen molar-refractivity contribution in [3.05, 3.63) is 24.3 Å². The molecule has 2 aromatic rings. The molecule has 5 heteroatoms. The first-order valence-electron chi connectivity index (χ1n) is 6.93. The van der Waals surface area contributed by atoms with E-state index in [1.165, 1.54) is 0 Å². The minimum absolute atomic E-state index is 0.415. The number of para-hydroxylation sites is 2. The minimum atomic E-state index is 0.415. The lowest BCUT2D eigenvalue weighted by Gasteiger charge is -2.22. The molecular formula is C14H20N4O. The maximum Gasteiger partial charge on any atom is 0.201 e. The first kappa shape index (κ1) is 12.4. The summed E-state index contributed by atoms with van der Waals surface area (Å²) >= 11 is 0. The monoisotopic (exact) mass is 260 g/mol. The summed E-state index contributed by atoms with van der Waals surface area (Å²) in [6.07, 6.45) is 2.65. The van der Waals surface area contributed by atoms with Gasteiger partial charge in [0, 0.05) is 6.54 Å². The Hall–Kier alpha value is -1.59. The van der Waals surface area contributed by atoms with Crippen molar-refractivity contribution in [3.63, 3.8) is 0 Å². The van der Waals surface area contributed by atoms with Gasteiger partial charge in [-0.25, -0.2) is 4.98 Å².